The van der Waals surface area contributed by atoms with Crippen LogP contribution in [0, 0.1) is 11.3 Å². The predicted molar refractivity (Wildman–Crippen MR) is 100 cm³/mol. The Balaban J connectivity index is 1.97. The quantitative estimate of drug-likeness (QED) is 0.508. The van der Waals surface area contributed by atoms with Crippen molar-refractivity contribution < 1.29 is 0 Å². The first-order valence-electron chi connectivity index (χ1n) is 7.95. The summed E-state index contributed by atoms with van der Waals surface area (Å²) >= 11 is 6.41. The number of hydrogen-bond donors (Lipinski definition) is 0. The van der Waals surface area contributed by atoms with Crippen molar-refractivity contribution in [2.24, 2.45) is 0 Å². The molecule has 3 aromatic carbocycles. The van der Waals surface area contributed by atoms with E-state index in [4.69, 9.17) is 16.6 Å². The van der Waals surface area contributed by atoms with Gasteiger partial charge in [0, 0.05) is 12.1 Å². The molecule has 0 aliphatic heterocycles. The number of rotatable bonds is 3. The van der Waals surface area contributed by atoms with E-state index in [1.165, 1.54) is 0 Å². The van der Waals surface area contributed by atoms with E-state index in [1.54, 1.807) is 6.07 Å². The average Bonchev–Trinajstić information content (AvgIpc) is 3.00. The van der Waals surface area contributed by atoms with Gasteiger partial charge in [-0.2, -0.15) is 5.26 Å². The Morgan fingerprint density at radius 2 is 1.72 bits per heavy atom. The summed E-state index contributed by atoms with van der Waals surface area (Å²) in [5, 5.41) is 9.90. The molecule has 4 aromatic rings. The molecule has 120 valence electrons. The van der Waals surface area contributed by atoms with E-state index in [9.17, 15) is 5.26 Å². The maximum atomic E-state index is 9.24. The highest BCUT2D eigenvalue weighted by Crippen LogP contribution is 2.31. The minimum absolute atomic E-state index is 0.618. The molecule has 0 amide bonds. The number of nitrogens with zero attached hydrogens (tertiary/aromatic N) is 3. The molecule has 0 atom stereocenters. The van der Waals surface area contributed by atoms with Crippen molar-refractivity contribution >= 4 is 22.6 Å². The van der Waals surface area contributed by atoms with Crippen LogP contribution in [0.4, 0.5) is 0 Å². The van der Waals surface area contributed by atoms with Crippen LogP contribution >= 0.6 is 11.6 Å². The van der Waals surface area contributed by atoms with E-state index in [-0.39, 0.29) is 0 Å². The highest BCUT2D eigenvalue weighted by atomic mass is 35.5. The summed E-state index contributed by atoms with van der Waals surface area (Å²) in [6.45, 7) is 0.660. The second-order valence-electron chi connectivity index (χ2n) is 5.80. The second-order valence-corrected chi connectivity index (χ2v) is 6.21. The van der Waals surface area contributed by atoms with E-state index in [1.807, 2.05) is 54.6 Å². The van der Waals surface area contributed by atoms with E-state index in [0.29, 0.717) is 17.1 Å². The van der Waals surface area contributed by atoms with Gasteiger partial charge in [0.1, 0.15) is 5.82 Å². The lowest BCUT2D eigenvalue weighted by molar-refractivity contribution is 0.834. The van der Waals surface area contributed by atoms with Gasteiger partial charge in [-0.3, -0.25) is 0 Å². The van der Waals surface area contributed by atoms with Gasteiger partial charge in [0.2, 0.25) is 0 Å². The molecule has 25 heavy (non-hydrogen) atoms. The topological polar surface area (TPSA) is 41.6 Å². The summed E-state index contributed by atoms with van der Waals surface area (Å²) in [4.78, 5) is 4.78. The third-order valence-electron chi connectivity index (χ3n) is 4.18. The Morgan fingerprint density at radius 1 is 0.960 bits per heavy atom. The van der Waals surface area contributed by atoms with Crippen molar-refractivity contribution in [2.75, 3.05) is 0 Å². The van der Waals surface area contributed by atoms with Gasteiger partial charge in [0.05, 0.1) is 27.7 Å². The lowest BCUT2D eigenvalue weighted by atomic mass is 10.2. The number of halogens is 1. The zero-order valence-corrected chi connectivity index (χ0v) is 14.1. The summed E-state index contributed by atoms with van der Waals surface area (Å²) in [6.07, 6.45) is 0. The molecule has 0 bridgehead atoms. The minimum Gasteiger partial charge on any atom is -0.319 e. The Labute approximate surface area is 150 Å². The Bertz CT molecular complexity index is 1090. The van der Waals surface area contributed by atoms with Gasteiger partial charge in [-0.15, -0.1) is 0 Å². The lowest BCUT2D eigenvalue weighted by Crippen LogP contribution is -2.02. The van der Waals surface area contributed by atoms with Gasteiger partial charge >= 0.3 is 0 Å². The maximum Gasteiger partial charge on any atom is 0.142 e. The first-order valence-corrected chi connectivity index (χ1v) is 8.33. The standard InChI is InChI=1S/C21H14ClN3/c22-18-9-5-4-8-17(18)21-24-19-11-10-16(13-23)12-20(19)25(21)14-15-6-2-1-3-7-15/h1-12H,14H2. The summed E-state index contributed by atoms with van der Waals surface area (Å²) in [6, 6.07) is 25.6. The van der Waals surface area contributed by atoms with Gasteiger partial charge in [-0.1, -0.05) is 54.1 Å². The highest BCUT2D eigenvalue weighted by molar-refractivity contribution is 6.33. The molecule has 0 aliphatic carbocycles. The first-order chi connectivity index (χ1) is 12.3. The lowest BCUT2D eigenvalue weighted by Gasteiger charge is -2.11. The molecular weight excluding hydrogens is 330 g/mol. The molecule has 4 heteroatoms. The van der Waals surface area contributed by atoms with Gasteiger partial charge < -0.3 is 4.57 Å². The predicted octanol–water partition coefficient (Wildman–Crippen LogP) is 5.28. The van der Waals surface area contributed by atoms with Gasteiger partial charge in [-0.25, -0.2) is 4.98 Å². The van der Waals surface area contributed by atoms with Crippen LogP contribution in [-0.2, 0) is 6.54 Å². The van der Waals surface area contributed by atoms with Crippen LogP contribution in [0.2, 0.25) is 5.02 Å². The third-order valence-corrected chi connectivity index (χ3v) is 4.51. The number of imidazole rings is 1. The number of aromatic nitrogens is 2. The second kappa shape index (κ2) is 6.43. The molecule has 4 rings (SSSR count). The van der Waals surface area contributed by atoms with Crippen molar-refractivity contribution in [1.82, 2.24) is 9.55 Å². The summed E-state index contributed by atoms with van der Waals surface area (Å²) in [5.74, 6) is 0.805. The van der Waals surface area contributed by atoms with Crippen LogP contribution < -0.4 is 0 Å². The van der Waals surface area contributed by atoms with Crippen molar-refractivity contribution in [1.29, 1.82) is 5.26 Å². The number of nitriles is 1. The number of benzene rings is 3. The fourth-order valence-electron chi connectivity index (χ4n) is 2.97. The van der Waals surface area contributed by atoms with Gasteiger partial charge in [0.25, 0.3) is 0 Å². The SMILES string of the molecule is N#Cc1ccc2nc(-c3ccccc3Cl)n(Cc3ccccc3)c2c1. The van der Waals surface area contributed by atoms with Crippen molar-refractivity contribution in [3.8, 4) is 17.5 Å². The Morgan fingerprint density at radius 3 is 2.48 bits per heavy atom. The molecule has 0 aliphatic rings. The largest absolute Gasteiger partial charge is 0.319 e. The molecule has 1 aromatic heterocycles. The van der Waals surface area contributed by atoms with Gasteiger partial charge in [-0.05, 0) is 35.9 Å². The monoisotopic (exact) mass is 343 g/mol. The molecule has 0 unspecified atom stereocenters. The molecule has 3 nitrogen and oxygen atoms in total. The fraction of sp³-hybridized carbons (Fsp3) is 0.0476. The van der Waals surface area contributed by atoms with Crippen molar-refractivity contribution in [3.05, 3.63) is 88.9 Å². The van der Waals surface area contributed by atoms with E-state index < -0.39 is 0 Å². The normalized spacial score (nSPS) is 10.7. The summed E-state index contributed by atoms with van der Waals surface area (Å²) in [7, 11) is 0. The number of fused-ring (bicyclic) bond motifs is 1. The maximum absolute atomic E-state index is 9.24. The highest BCUT2D eigenvalue weighted by Gasteiger charge is 2.15. The van der Waals surface area contributed by atoms with Crippen LogP contribution in [0.25, 0.3) is 22.4 Å². The van der Waals surface area contributed by atoms with Crippen LogP contribution in [0.5, 0.6) is 0 Å². The molecule has 0 saturated carbocycles. The Kier molecular flexibility index (Phi) is 3.97. The molecular formula is C21H14ClN3. The van der Waals surface area contributed by atoms with E-state index >= 15 is 0 Å². The molecule has 0 radical (unpaired) electrons. The molecule has 1 heterocycles. The smallest absolute Gasteiger partial charge is 0.142 e. The van der Waals surface area contributed by atoms with Crippen LogP contribution in [-0.4, -0.2) is 9.55 Å². The van der Waals surface area contributed by atoms with Crippen LogP contribution in [0.1, 0.15) is 11.1 Å². The van der Waals surface area contributed by atoms with Crippen LogP contribution in [0.3, 0.4) is 0 Å². The van der Waals surface area contributed by atoms with Crippen LogP contribution in [0.15, 0.2) is 72.8 Å². The molecule has 0 spiro atoms. The summed E-state index contributed by atoms with van der Waals surface area (Å²) < 4.78 is 2.12. The third kappa shape index (κ3) is 2.88. The van der Waals surface area contributed by atoms with Crippen molar-refractivity contribution in [2.45, 2.75) is 6.54 Å². The first kappa shape index (κ1) is 15.4. The fourth-order valence-corrected chi connectivity index (χ4v) is 3.19. The zero-order valence-electron chi connectivity index (χ0n) is 13.4. The molecule has 0 saturated heterocycles. The zero-order chi connectivity index (χ0) is 17.2. The van der Waals surface area contributed by atoms with E-state index in [2.05, 4.69) is 22.8 Å². The van der Waals surface area contributed by atoms with Crippen molar-refractivity contribution in [3.63, 3.8) is 0 Å². The number of hydrogen-bond acceptors (Lipinski definition) is 2. The minimum atomic E-state index is 0.618. The average molecular weight is 344 g/mol. The van der Waals surface area contributed by atoms with E-state index in [0.717, 1.165) is 28.0 Å². The molecule has 0 fully saturated rings. The Hall–Kier alpha value is -3.09. The summed E-state index contributed by atoms with van der Waals surface area (Å²) in [5.41, 5.74) is 4.45. The van der Waals surface area contributed by atoms with Gasteiger partial charge in [0.15, 0.2) is 0 Å². The molecule has 0 N–H and O–H groups in total.